The average molecular weight is 423 g/mol. The van der Waals surface area contributed by atoms with Crippen molar-refractivity contribution in [1.82, 2.24) is 9.80 Å². The molecule has 0 saturated carbocycles. The Morgan fingerprint density at radius 1 is 0.935 bits per heavy atom. The molecule has 0 radical (unpaired) electrons. The Bertz CT molecular complexity index is 843. The Hall–Kier alpha value is -2.79. The summed E-state index contributed by atoms with van der Waals surface area (Å²) in [5, 5.41) is 0. The summed E-state index contributed by atoms with van der Waals surface area (Å²) in [7, 11) is 0. The second-order valence-electron chi connectivity index (χ2n) is 7.64. The van der Waals surface area contributed by atoms with E-state index in [1.807, 2.05) is 43.0 Å². The van der Waals surface area contributed by atoms with Crippen molar-refractivity contribution in [3.05, 3.63) is 65.7 Å². The van der Waals surface area contributed by atoms with Gasteiger partial charge in [0.25, 0.3) is 0 Å². The van der Waals surface area contributed by atoms with Crippen molar-refractivity contribution in [3.63, 3.8) is 0 Å². The number of hydrogen-bond acceptors (Lipinski definition) is 4. The summed E-state index contributed by atoms with van der Waals surface area (Å²) in [6.45, 7) is 9.47. The maximum Gasteiger partial charge on any atom is 0.222 e. The SMILES string of the molecule is CCOc1ccc(CCC(=O)N2CCN(C/C=C/c3ccccc3)CC2)cc1OCC. The van der Waals surface area contributed by atoms with E-state index in [2.05, 4.69) is 41.3 Å². The van der Waals surface area contributed by atoms with E-state index in [9.17, 15) is 4.79 Å². The van der Waals surface area contributed by atoms with Crippen molar-refractivity contribution in [1.29, 1.82) is 0 Å². The summed E-state index contributed by atoms with van der Waals surface area (Å²) in [6.07, 6.45) is 5.60. The second kappa shape index (κ2) is 12.2. The van der Waals surface area contributed by atoms with Crippen molar-refractivity contribution in [2.24, 2.45) is 0 Å². The summed E-state index contributed by atoms with van der Waals surface area (Å²) in [5.41, 5.74) is 2.32. The molecule has 0 bridgehead atoms. The molecule has 1 fully saturated rings. The number of nitrogens with zero attached hydrogens (tertiary/aromatic N) is 2. The molecule has 5 heteroatoms. The molecule has 0 spiro atoms. The molecule has 1 aliphatic rings. The van der Waals surface area contributed by atoms with Crippen molar-refractivity contribution >= 4 is 12.0 Å². The lowest BCUT2D eigenvalue weighted by atomic mass is 10.1. The number of rotatable bonds is 10. The normalized spacial score (nSPS) is 14.7. The van der Waals surface area contributed by atoms with E-state index in [1.54, 1.807) is 0 Å². The van der Waals surface area contributed by atoms with E-state index >= 15 is 0 Å². The van der Waals surface area contributed by atoms with Gasteiger partial charge in [-0.3, -0.25) is 9.69 Å². The number of benzene rings is 2. The molecule has 166 valence electrons. The molecule has 3 rings (SSSR count). The number of amides is 1. The maximum absolute atomic E-state index is 12.7. The maximum atomic E-state index is 12.7. The Morgan fingerprint density at radius 3 is 2.35 bits per heavy atom. The van der Waals surface area contributed by atoms with Crippen LogP contribution in [0.3, 0.4) is 0 Å². The predicted molar refractivity (Wildman–Crippen MR) is 126 cm³/mol. The van der Waals surface area contributed by atoms with E-state index in [0.29, 0.717) is 26.1 Å². The Kier molecular flexibility index (Phi) is 8.98. The Balaban J connectivity index is 1.42. The van der Waals surface area contributed by atoms with Gasteiger partial charge >= 0.3 is 0 Å². The Labute approximate surface area is 186 Å². The molecule has 5 nitrogen and oxygen atoms in total. The smallest absolute Gasteiger partial charge is 0.222 e. The highest BCUT2D eigenvalue weighted by atomic mass is 16.5. The summed E-state index contributed by atoms with van der Waals surface area (Å²) in [5.74, 6) is 1.75. The fourth-order valence-electron chi connectivity index (χ4n) is 3.74. The summed E-state index contributed by atoms with van der Waals surface area (Å²) in [6, 6.07) is 16.3. The molecule has 1 aliphatic heterocycles. The van der Waals surface area contributed by atoms with Crippen molar-refractivity contribution in [2.75, 3.05) is 45.9 Å². The van der Waals surface area contributed by atoms with Gasteiger partial charge in [-0.2, -0.15) is 0 Å². The van der Waals surface area contributed by atoms with E-state index in [0.717, 1.165) is 49.8 Å². The van der Waals surface area contributed by atoms with Crippen LogP contribution in [0, 0.1) is 0 Å². The highest BCUT2D eigenvalue weighted by Gasteiger charge is 2.20. The van der Waals surface area contributed by atoms with Crippen LogP contribution in [-0.2, 0) is 11.2 Å². The highest BCUT2D eigenvalue weighted by molar-refractivity contribution is 5.76. The minimum atomic E-state index is 0.228. The topological polar surface area (TPSA) is 42.0 Å². The summed E-state index contributed by atoms with van der Waals surface area (Å²) in [4.78, 5) is 17.1. The molecule has 31 heavy (non-hydrogen) atoms. The van der Waals surface area contributed by atoms with Gasteiger partial charge in [0, 0.05) is 39.1 Å². The van der Waals surface area contributed by atoms with Gasteiger partial charge in [0.1, 0.15) is 0 Å². The molecule has 0 atom stereocenters. The standard InChI is InChI=1S/C26H34N2O3/c1-3-30-24-14-12-23(21-25(24)31-4-2)13-15-26(29)28-19-17-27(18-20-28)16-8-11-22-9-6-5-7-10-22/h5-12,14,21H,3-4,13,15-20H2,1-2H3/b11-8+. The van der Waals surface area contributed by atoms with Crippen molar-refractivity contribution < 1.29 is 14.3 Å². The van der Waals surface area contributed by atoms with Gasteiger partial charge in [-0.25, -0.2) is 0 Å². The highest BCUT2D eigenvalue weighted by Crippen LogP contribution is 2.29. The first kappa shape index (κ1) is 22.9. The van der Waals surface area contributed by atoms with Crippen LogP contribution in [0.2, 0.25) is 0 Å². The first-order valence-corrected chi connectivity index (χ1v) is 11.3. The quantitative estimate of drug-likeness (QED) is 0.573. The fourth-order valence-corrected chi connectivity index (χ4v) is 3.74. The Morgan fingerprint density at radius 2 is 1.65 bits per heavy atom. The molecule has 1 saturated heterocycles. The number of ether oxygens (including phenoxy) is 2. The molecule has 0 N–H and O–H groups in total. The van der Waals surface area contributed by atoms with E-state index in [-0.39, 0.29) is 5.91 Å². The van der Waals surface area contributed by atoms with Crippen LogP contribution in [0.5, 0.6) is 11.5 Å². The van der Waals surface area contributed by atoms with Gasteiger partial charge < -0.3 is 14.4 Å². The molecule has 0 aliphatic carbocycles. The van der Waals surface area contributed by atoms with Crippen LogP contribution in [-0.4, -0.2) is 61.6 Å². The lowest BCUT2D eigenvalue weighted by molar-refractivity contribution is -0.132. The van der Waals surface area contributed by atoms with Gasteiger partial charge in [-0.1, -0.05) is 48.6 Å². The molecule has 1 amide bonds. The molecule has 1 heterocycles. The number of hydrogen-bond donors (Lipinski definition) is 0. The molecule has 2 aromatic rings. The van der Waals surface area contributed by atoms with Gasteiger partial charge in [-0.05, 0) is 43.5 Å². The lowest BCUT2D eigenvalue weighted by Crippen LogP contribution is -2.48. The van der Waals surface area contributed by atoms with Gasteiger partial charge in [0.2, 0.25) is 5.91 Å². The third-order valence-electron chi connectivity index (χ3n) is 5.43. The van der Waals surface area contributed by atoms with Crippen LogP contribution in [0.15, 0.2) is 54.6 Å². The van der Waals surface area contributed by atoms with Gasteiger partial charge in [-0.15, -0.1) is 0 Å². The van der Waals surface area contributed by atoms with Crippen LogP contribution in [0.25, 0.3) is 6.08 Å². The fraction of sp³-hybridized carbons (Fsp3) is 0.423. The number of carbonyl (C=O) groups excluding carboxylic acids is 1. The minimum Gasteiger partial charge on any atom is -0.490 e. The first-order valence-electron chi connectivity index (χ1n) is 11.3. The van der Waals surface area contributed by atoms with Crippen LogP contribution in [0.1, 0.15) is 31.4 Å². The van der Waals surface area contributed by atoms with Crippen LogP contribution < -0.4 is 9.47 Å². The third-order valence-corrected chi connectivity index (χ3v) is 5.43. The zero-order valence-corrected chi connectivity index (χ0v) is 18.8. The minimum absolute atomic E-state index is 0.228. The van der Waals surface area contributed by atoms with Crippen molar-refractivity contribution in [2.45, 2.75) is 26.7 Å². The molecule has 0 aromatic heterocycles. The predicted octanol–water partition coefficient (Wildman–Crippen LogP) is 4.27. The zero-order chi connectivity index (χ0) is 21.9. The van der Waals surface area contributed by atoms with Crippen LogP contribution in [0.4, 0.5) is 0 Å². The number of piperazine rings is 1. The number of carbonyl (C=O) groups is 1. The summed E-state index contributed by atoms with van der Waals surface area (Å²) < 4.78 is 11.3. The molecule has 2 aromatic carbocycles. The van der Waals surface area contributed by atoms with Gasteiger partial charge in [0.15, 0.2) is 11.5 Å². The van der Waals surface area contributed by atoms with E-state index in [4.69, 9.17) is 9.47 Å². The second-order valence-corrected chi connectivity index (χ2v) is 7.64. The summed E-state index contributed by atoms with van der Waals surface area (Å²) >= 11 is 0. The van der Waals surface area contributed by atoms with E-state index < -0.39 is 0 Å². The molecule has 0 unspecified atom stereocenters. The number of aryl methyl sites for hydroxylation is 1. The third kappa shape index (κ3) is 7.14. The monoisotopic (exact) mass is 422 g/mol. The largest absolute Gasteiger partial charge is 0.490 e. The van der Waals surface area contributed by atoms with Crippen molar-refractivity contribution in [3.8, 4) is 11.5 Å². The zero-order valence-electron chi connectivity index (χ0n) is 18.8. The van der Waals surface area contributed by atoms with E-state index in [1.165, 1.54) is 5.56 Å². The van der Waals surface area contributed by atoms with Crippen LogP contribution >= 0.6 is 0 Å². The lowest BCUT2D eigenvalue weighted by Gasteiger charge is -2.34. The average Bonchev–Trinajstić information content (AvgIpc) is 2.80. The molecular formula is C26H34N2O3. The van der Waals surface area contributed by atoms with Gasteiger partial charge in [0.05, 0.1) is 13.2 Å². The first-order chi connectivity index (χ1) is 15.2. The molecular weight excluding hydrogens is 388 g/mol.